The number of nitrogens with one attached hydrogen (secondary N) is 1. The third kappa shape index (κ3) is 4.51. The van der Waals surface area contributed by atoms with E-state index in [-0.39, 0.29) is 0 Å². The molecular weight excluding hydrogens is 330 g/mol. The monoisotopic (exact) mass is 349 g/mol. The van der Waals surface area contributed by atoms with E-state index in [9.17, 15) is 0 Å². The molecule has 5 heteroatoms. The van der Waals surface area contributed by atoms with Crippen molar-refractivity contribution < 1.29 is 4.74 Å². The first-order valence-electron chi connectivity index (χ1n) is 7.09. The quantitative estimate of drug-likeness (QED) is 0.845. The molecule has 2 aromatic rings. The summed E-state index contributed by atoms with van der Waals surface area (Å²) < 4.78 is 6.97. The van der Waals surface area contributed by atoms with Crippen molar-refractivity contribution in [3.05, 3.63) is 46.3 Å². The van der Waals surface area contributed by atoms with Gasteiger partial charge in [-0.1, -0.05) is 36.7 Å². The lowest BCUT2D eigenvalue weighted by molar-refractivity contribution is 0.448. The molecule has 0 atom stereocenters. The molecule has 0 amide bonds. The van der Waals surface area contributed by atoms with Gasteiger partial charge in [-0.3, -0.25) is 4.98 Å². The van der Waals surface area contributed by atoms with Crippen LogP contribution in [-0.2, 0) is 6.54 Å². The number of nitrogens with zero attached hydrogens (tertiary/aromatic N) is 2. The van der Waals surface area contributed by atoms with Gasteiger partial charge in [-0.15, -0.1) is 0 Å². The van der Waals surface area contributed by atoms with Crippen molar-refractivity contribution in [1.82, 2.24) is 15.3 Å². The number of hydrogen-bond acceptors (Lipinski definition) is 4. The summed E-state index contributed by atoms with van der Waals surface area (Å²) in [6.45, 7) is 7.93. The van der Waals surface area contributed by atoms with Crippen molar-refractivity contribution in [3.63, 3.8) is 0 Å². The van der Waals surface area contributed by atoms with Crippen molar-refractivity contribution in [1.29, 1.82) is 0 Å². The normalized spacial score (nSPS) is 10.9. The first kappa shape index (κ1) is 15.9. The van der Waals surface area contributed by atoms with E-state index < -0.39 is 0 Å². The van der Waals surface area contributed by atoms with Gasteiger partial charge in [0.15, 0.2) is 0 Å². The van der Waals surface area contributed by atoms with Gasteiger partial charge in [0.05, 0.1) is 11.9 Å². The smallest absolute Gasteiger partial charge is 0.238 e. The maximum atomic E-state index is 5.92. The maximum Gasteiger partial charge on any atom is 0.238 e. The number of hydrogen-bond donors (Lipinski definition) is 1. The van der Waals surface area contributed by atoms with Crippen molar-refractivity contribution >= 4 is 15.9 Å². The van der Waals surface area contributed by atoms with Crippen LogP contribution in [0.2, 0.25) is 0 Å². The van der Waals surface area contributed by atoms with Gasteiger partial charge in [0, 0.05) is 17.2 Å². The molecule has 0 aliphatic rings. The Morgan fingerprint density at radius 3 is 2.81 bits per heavy atom. The van der Waals surface area contributed by atoms with Crippen LogP contribution in [0.5, 0.6) is 11.6 Å². The Kier molecular flexibility index (Phi) is 5.70. The fourth-order valence-corrected chi connectivity index (χ4v) is 2.33. The summed E-state index contributed by atoms with van der Waals surface area (Å²) >= 11 is 3.50. The van der Waals surface area contributed by atoms with Crippen molar-refractivity contribution in [2.24, 2.45) is 0 Å². The first-order chi connectivity index (χ1) is 10.1. The highest BCUT2D eigenvalue weighted by Crippen LogP contribution is 2.32. The molecule has 0 fully saturated rings. The van der Waals surface area contributed by atoms with Gasteiger partial charge in [0.25, 0.3) is 0 Å². The van der Waals surface area contributed by atoms with E-state index in [4.69, 9.17) is 4.74 Å². The Morgan fingerprint density at radius 2 is 2.10 bits per heavy atom. The van der Waals surface area contributed by atoms with Gasteiger partial charge in [-0.2, -0.15) is 0 Å². The summed E-state index contributed by atoms with van der Waals surface area (Å²) in [6.07, 6.45) is 3.39. The third-order valence-corrected chi connectivity index (χ3v) is 3.52. The molecule has 0 spiro atoms. The van der Waals surface area contributed by atoms with E-state index in [1.165, 1.54) is 0 Å². The molecule has 0 saturated carbocycles. The van der Waals surface area contributed by atoms with Crippen molar-refractivity contribution in [3.8, 4) is 11.6 Å². The molecule has 0 aliphatic carbocycles. The van der Waals surface area contributed by atoms with Crippen LogP contribution in [-0.4, -0.2) is 16.5 Å². The summed E-state index contributed by atoms with van der Waals surface area (Å²) in [4.78, 5) is 8.66. The zero-order valence-corrected chi connectivity index (χ0v) is 14.1. The van der Waals surface area contributed by atoms with Gasteiger partial charge in [-0.05, 0) is 36.2 Å². The van der Waals surface area contributed by atoms with Crippen LogP contribution >= 0.6 is 15.9 Å². The molecule has 21 heavy (non-hydrogen) atoms. The second-order valence-corrected chi connectivity index (χ2v) is 5.98. The molecule has 4 nitrogen and oxygen atoms in total. The van der Waals surface area contributed by atoms with Crippen LogP contribution in [0.3, 0.4) is 0 Å². The Labute approximate surface area is 134 Å². The SMILES string of the molecule is CCNCc1cncc(Oc2ccc(Br)cc2C(C)C)n1. The minimum Gasteiger partial charge on any atom is -0.437 e. The standard InChI is InChI=1S/C16H20BrN3O/c1-4-18-8-13-9-19-10-16(20-13)21-15-6-5-12(17)7-14(15)11(2)3/h5-7,9-11,18H,4,8H2,1-3H3. The van der Waals surface area contributed by atoms with Crippen LogP contribution in [0.25, 0.3) is 0 Å². The van der Waals surface area contributed by atoms with E-state index in [2.05, 4.69) is 58.1 Å². The molecule has 1 aromatic carbocycles. The number of halogens is 1. The molecule has 1 N–H and O–H groups in total. The molecular formula is C16H20BrN3O. The molecule has 0 aliphatic heterocycles. The topological polar surface area (TPSA) is 47.0 Å². The van der Waals surface area contributed by atoms with Crippen molar-refractivity contribution in [2.45, 2.75) is 33.2 Å². The molecule has 112 valence electrons. The van der Waals surface area contributed by atoms with Gasteiger partial charge < -0.3 is 10.1 Å². The van der Waals surface area contributed by atoms with Crippen LogP contribution in [0, 0.1) is 0 Å². The minimum absolute atomic E-state index is 0.371. The summed E-state index contributed by atoms with van der Waals surface area (Å²) in [5.74, 6) is 1.72. The number of aromatic nitrogens is 2. The molecule has 1 aromatic heterocycles. The van der Waals surface area contributed by atoms with Gasteiger partial charge in [0.1, 0.15) is 5.75 Å². The van der Waals surface area contributed by atoms with Crippen LogP contribution < -0.4 is 10.1 Å². The Morgan fingerprint density at radius 1 is 1.29 bits per heavy atom. The zero-order chi connectivity index (χ0) is 15.2. The molecule has 0 unspecified atom stereocenters. The van der Waals surface area contributed by atoms with Gasteiger partial charge >= 0.3 is 0 Å². The predicted molar refractivity (Wildman–Crippen MR) is 87.7 cm³/mol. The van der Waals surface area contributed by atoms with E-state index in [0.29, 0.717) is 18.3 Å². The van der Waals surface area contributed by atoms with Gasteiger partial charge in [-0.25, -0.2) is 4.98 Å². The Hall–Kier alpha value is -1.46. The summed E-state index contributed by atoms with van der Waals surface area (Å²) in [5, 5.41) is 3.23. The Bertz CT molecular complexity index is 602. The summed E-state index contributed by atoms with van der Waals surface area (Å²) in [7, 11) is 0. The summed E-state index contributed by atoms with van der Waals surface area (Å²) in [5.41, 5.74) is 2.01. The van der Waals surface area contributed by atoms with Crippen LogP contribution in [0.4, 0.5) is 0 Å². The van der Waals surface area contributed by atoms with E-state index >= 15 is 0 Å². The average Bonchev–Trinajstić information content (AvgIpc) is 2.47. The highest BCUT2D eigenvalue weighted by molar-refractivity contribution is 9.10. The highest BCUT2D eigenvalue weighted by Gasteiger charge is 2.10. The molecule has 0 bridgehead atoms. The lowest BCUT2D eigenvalue weighted by atomic mass is 10.0. The fourth-order valence-electron chi connectivity index (χ4n) is 1.95. The lowest BCUT2D eigenvalue weighted by Gasteiger charge is -2.14. The second-order valence-electron chi connectivity index (χ2n) is 5.07. The van der Waals surface area contributed by atoms with E-state index in [0.717, 1.165) is 28.0 Å². The third-order valence-electron chi connectivity index (χ3n) is 3.03. The molecule has 0 radical (unpaired) electrons. The Balaban J connectivity index is 2.22. The summed E-state index contributed by atoms with van der Waals surface area (Å²) in [6, 6.07) is 6.01. The van der Waals surface area contributed by atoms with E-state index in [1.54, 1.807) is 12.4 Å². The number of ether oxygens (including phenoxy) is 1. The fraction of sp³-hybridized carbons (Fsp3) is 0.375. The molecule has 1 heterocycles. The van der Waals surface area contributed by atoms with Gasteiger partial charge in [0.2, 0.25) is 5.88 Å². The predicted octanol–water partition coefficient (Wildman–Crippen LogP) is 4.26. The van der Waals surface area contributed by atoms with Crippen LogP contribution in [0.1, 0.15) is 37.9 Å². The highest BCUT2D eigenvalue weighted by atomic mass is 79.9. The van der Waals surface area contributed by atoms with E-state index in [1.807, 2.05) is 12.1 Å². The van der Waals surface area contributed by atoms with Crippen molar-refractivity contribution in [2.75, 3.05) is 6.54 Å². The minimum atomic E-state index is 0.371. The number of benzene rings is 1. The largest absolute Gasteiger partial charge is 0.437 e. The number of rotatable bonds is 6. The maximum absolute atomic E-state index is 5.92. The molecule has 2 rings (SSSR count). The molecule has 0 saturated heterocycles. The lowest BCUT2D eigenvalue weighted by Crippen LogP contribution is -2.13. The first-order valence-corrected chi connectivity index (χ1v) is 7.88. The van der Waals surface area contributed by atoms with Crippen LogP contribution in [0.15, 0.2) is 35.1 Å². The second kappa shape index (κ2) is 7.52. The zero-order valence-electron chi connectivity index (χ0n) is 12.6. The average molecular weight is 350 g/mol.